The Morgan fingerprint density at radius 3 is 2.61 bits per heavy atom. The summed E-state index contributed by atoms with van der Waals surface area (Å²) in [6.07, 6.45) is -3.48. The highest BCUT2D eigenvalue weighted by molar-refractivity contribution is 9.10. The largest absolute Gasteiger partial charge is 0.416 e. The summed E-state index contributed by atoms with van der Waals surface area (Å²) in [6.45, 7) is 3.21. The van der Waals surface area contributed by atoms with Crippen molar-refractivity contribution in [2.75, 3.05) is 18.5 Å². The highest BCUT2D eigenvalue weighted by atomic mass is 79.9. The smallest absolute Gasteiger partial charge is 0.379 e. The number of alkyl halides is 3. The van der Waals surface area contributed by atoms with Crippen molar-refractivity contribution in [3.63, 3.8) is 0 Å². The number of nitrogens with one attached hydrogen (secondary N) is 1. The van der Waals surface area contributed by atoms with Gasteiger partial charge in [-0.1, -0.05) is 0 Å². The molecule has 6 heteroatoms. The van der Waals surface area contributed by atoms with Gasteiger partial charge in [0.25, 0.3) is 0 Å². The zero-order valence-corrected chi connectivity index (χ0v) is 11.4. The van der Waals surface area contributed by atoms with Gasteiger partial charge in [-0.05, 0) is 47.5 Å². The molecule has 0 radical (unpaired) electrons. The lowest BCUT2D eigenvalue weighted by molar-refractivity contribution is -0.137. The van der Waals surface area contributed by atoms with Crippen LogP contribution in [0.4, 0.5) is 18.9 Å². The van der Waals surface area contributed by atoms with E-state index in [1.54, 1.807) is 0 Å². The Labute approximate surface area is 112 Å². The second-order valence-corrected chi connectivity index (χ2v) is 5.53. The van der Waals surface area contributed by atoms with Crippen molar-refractivity contribution in [3.8, 4) is 0 Å². The fraction of sp³-hybridized carbons (Fsp3) is 0.500. The predicted molar refractivity (Wildman–Crippen MR) is 66.6 cm³/mol. The van der Waals surface area contributed by atoms with Crippen molar-refractivity contribution in [2.45, 2.75) is 25.1 Å². The van der Waals surface area contributed by atoms with E-state index >= 15 is 0 Å². The number of halogens is 4. The molecule has 0 saturated carbocycles. The molecule has 1 N–H and O–H groups in total. The van der Waals surface area contributed by atoms with E-state index in [0.717, 1.165) is 18.6 Å². The Morgan fingerprint density at radius 1 is 1.39 bits per heavy atom. The van der Waals surface area contributed by atoms with Gasteiger partial charge in [0.05, 0.1) is 17.7 Å². The molecule has 1 atom stereocenters. The highest BCUT2D eigenvalue weighted by Crippen LogP contribution is 2.35. The van der Waals surface area contributed by atoms with Crippen LogP contribution in [0, 0.1) is 0 Å². The van der Waals surface area contributed by atoms with E-state index in [9.17, 15) is 13.2 Å². The van der Waals surface area contributed by atoms with Gasteiger partial charge in [0.2, 0.25) is 0 Å². The van der Waals surface area contributed by atoms with Gasteiger partial charge in [-0.15, -0.1) is 0 Å². The Balaban J connectivity index is 2.20. The molecule has 1 aromatic rings. The normalized spacial score (nSPS) is 24.3. The lowest BCUT2D eigenvalue weighted by atomic mass is 10.0. The zero-order chi connectivity index (χ0) is 13.4. The van der Waals surface area contributed by atoms with Crippen LogP contribution in [0.5, 0.6) is 0 Å². The van der Waals surface area contributed by atoms with Crippen LogP contribution in [0.3, 0.4) is 0 Å². The van der Waals surface area contributed by atoms with Crippen molar-refractivity contribution in [3.05, 3.63) is 28.2 Å². The SMILES string of the molecule is CC1(Nc2ccc(C(F)(F)F)cc2Br)CCOC1. The fourth-order valence-electron chi connectivity index (χ4n) is 1.88. The van der Waals surface area contributed by atoms with Gasteiger partial charge >= 0.3 is 6.18 Å². The molecule has 1 aliphatic heterocycles. The first-order valence-electron chi connectivity index (χ1n) is 5.53. The average Bonchev–Trinajstić information content (AvgIpc) is 2.67. The summed E-state index contributed by atoms with van der Waals surface area (Å²) in [6, 6.07) is 3.60. The molecule has 1 unspecified atom stereocenters. The topological polar surface area (TPSA) is 21.3 Å². The average molecular weight is 324 g/mol. The molecular formula is C12H13BrF3NO. The lowest BCUT2D eigenvalue weighted by Gasteiger charge is -2.26. The van der Waals surface area contributed by atoms with Crippen LogP contribution >= 0.6 is 15.9 Å². The van der Waals surface area contributed by atoms with Crippen LogP contribution in [-0.4, -0.2) is 18.8 Å². The molecule has 0 amide bonds. The van der Waals surface area contributed by atoms with E-state index in [1.807, 2.05) is 6.92 Å². The van der Waals surface area contributed by atoms with Crippen LogP contribution in [0.1, 0.15) is 18.9 Å². The Hall–Kier alpha value is -0.750. The molecule has 1 saturated heterocycles. The van der Waals surface area contributed by atoms with Crippen molar-refractivity contribution in [1.29, 1.82) is 0 Å². The standard InChI is InChI=1S/C12H13BrF3NO/c1-11(4-5-18-7-11)17-10-3-2-8(6-9(10)13)12(14,15)16/h2-3,6,17H,4-5,7H2,1H3. The first-order chi connectivity index (χ1) is 8.30. The summed E-state index contributed by atoms with van der Waals surface area (Å²) in [4.78, 5) is 0. The van der Waals surface area contributed by atoms with Crippen molar-refractivity contribution < 1.29 is 17.9 Å². The number of hydrogen-bond donors (Lipinski definition) is 1. The molecule has 0 aromatic heterocycles. The van der Waals surface area contributed by atoms with Gasteiger partial charge < -0.3 is 10.1 Å². The van der Waals surface area contributed by atoms with E-state index in [0.29, 0.717) is 23.4 Å². The first-order valence-corrected chi connectivity index (χ1v) is 6.32. The van der Waals surface area contributed by atoms with Gasteiger partial charge in [0.1, 0.15) is 0 Å². The predicted octanol–water partition coefficient (Wildman–Crippen LogP) is 4.06. The molecule has 1 aromatic carbocycles. The summed E-state index contributed by atoms with van der Waals surface area (Å²) >= 11 is 3.17. The van der Waals surface area contributed by atoms with Crippen LogP contribution in [0.2, 0.25) is 0 Å². The minimum atomic E-state index is -4.32. The lowest BCUT2D eigenvalue weighted by Crippen LogP contribution is -2.35. The molecule has 0 bridgehead atoms. The Kier molecular flexibility index (Phi) is 3.60. The van der Waals surface area contributed by atoms with Crippen LogP contribution in [-0.2, 0) is 10.9 Å². The first kappa shape index (κ1) is 13.7. The van der Waals surface area contributed by atoms with E-state index in [-0.39, 0.29) is 5.54 Å². The zero-order valence-electron chi connectivity index (χ0n) is 9.77. The maximum Gasteiger partial charge on any atom is 0.416 e. The van der Waals surface area contributed by atoms with Crippen LogP contribution in [0.15, 0.2) is 22.7 Å². The third-order valence-corrected chi connectivity index (χ3v) is 3.61. The van der Waals surface area contributed by atoms with Gasteiger partial charge in [-0.2, -0.15) is 13.2 Å². The summed E-state index contributed by atoms with van der Waals surface area (Å²) in [5, 5.41) is 3.22. The maximum absolute atomic E-state index is 12.5. The van der Waals surface area contributed by atoms with E-state index in [4.69, 9.17) is 4.74 Å². The summed E-state index contributed by atoms with van der Waals surface area (Å²) < 4.78 is 43.3. The molecule has 1 fully saturated rings. The van der Waals surface area contributed by atoms with Crippen LogP contribution < -0.4 is 5.32 Å². The van der Waals surface area contributed by atoms with Gasteiger partial charge in [0.15, 0.2) is 0 Å². The third kappa shape index (κ3) is 2.98. The summed E-state index contributed by atoms with van der Waals surface area (Å²) in [5.41, 5.74) is -0.230. The molecule has 1 heterocycles. The molecule has 18 heavy (non-hydrogen) atoms. The minimum Gasteiger partial charge on any atom is -0.379 e. The van der Waals surface area contributed by atoms with E-state index < -0.39 is 11.7 Å². The maximum atomic E-state index is 12.5. The number of anilines is 1. The number of benzene rings is 1. The fourth-order valence-corrected chi connectivity index (χ4v) is 2.36. The third-order valence-electron chi connectivity index (χ3n) is 2.95. The van der Waals surface area contributed by atoms with E-state index in [2.05, 4.69) is 21.2 Å². The van der Waals surface area contributed by atoms with Crippen molar-refractivity contribution >= 4 is 21.6 Å². The number of ether oxygens (including phenoxy) is 1. The molecular weight excluding hydrogens is 311 g/mol. The Bertz CT molecular complexity index is 441. The molecule has 2 rings (SSSR count). The second-order valence-electron chi connectivity index (χ2n) is 4.68. The molecule has 2 nitrogen and oxygen atoms in total. The Morgan fingerprint density at radius 2 is 2.11 bits per heavy atom. The highest BCUT2D eigenvalue weighted by Gasteiger charge is 2.32. The van der Waals surface area contributed by atoms with E-state index in [1.165, 1.54) is 6.07 Å². The number of hydrogen-bond acceptors (Lipinski definition) is 2. The monoisotopic (exact) mass is 323 g/mol. The van der Waals surface area contributed by atoms with Crippen molar-refractivity contribution in [1.82, 2.24) is 0 Å². The minimum absolute atomic E-state index is 0.220. The molecule has 0 aliphatic carbocycles. The van der Waals surface area contributed by atoms with Crippen LogP contribution in [0.25, 0.3) is 0 Å². The van der Waals surface area contributed by atoms with Crippen molar-refractivity contribution in [2.24, 2.45) is 0 Å². The summed E-state index contributed by atoms with van der Waals surface area (Å²) in [7, 11) is 0. The van der Waals surface area contributed by atoms with Gasteiger partial charge in [0, 0.05) is 16.8 Å². The van der Waals surface area contributed by atoms with Gasteiger partial charge in [-0.3, -0.25) is 0 Å². The quantitative estimate of drug-likeness (QED) is 0.886. The second kappa shape index (κ2) is 4.74. The molecule has 100 valence electrons. The van der Waals surface area contributed by atoms with Gasteiger partial charge in [-0.25, -0.2) is 0 Å². The molecule has 1 aliphatic rings. The summed E-state index contributed by atoms with van der Waals surface area (Å²) in [5.74, 6) is 0. The molecule has 0 spiro atoms. The number of rotatable bonds is 2.